The van der Waals surface area contributed by atoms with Gasteiger partial charge in [-0.1, -0.05) is 19.4 Å². The van der Waals surface area contributed by atoms with E-state index in [0.29, 0.717) is 6.04 Å². The van der Waals surface area contributed by atoms with Crippen molar-refractivity contribution < 1.29 is 4.74 Å². The van der Waals surface area contributed by atoms with Crippen LogP contribution in [0.5, 0.6) is 5.75 Å². The first-order valence-electron chi connectivity index (χ1n) is 7.01. The number of ether oxygens (including phenoxy) is 1. The minimum atomic E-state index is 0.601. The van der Waals surface area contributed by atoms with Gasteiger partial charge in [0.1, 0.15) is 11.6 Å². The number of nitrogens with one attached hydrogen (secondary N) is 1. The zero-order valence-electron chi connectivity index (χ0n) is 11.5. The molecule has 1 fully saturated rings. The first-order valence-corrected chi connectivity index (χ1v) is 7.01. The lowest BCUT2D eigenvalue weighted by Gasteiger charge is -2.09. The number of nitrogens with zero attached hydrogens (tertiary/aromatic N) is 1. The second-order valence-corrected chi connectivity index (χ2v) is 5.28. The van der Waals surface area contributed by atoms with E-state index in [-0.39, 0.29) is 0 Å². The first-order chi connectivity index (χ1) is 9.31. The van der Waals surface area contributed by atoms with Crippen molar-refractivity contribution in [1.82, 2.24) is 4.98 Å². The van der Waals surface area contributed by atoms with Crippen LogP contribution in [0, 0.1) is 5.92 Å². The van der Waals surface area contributed by atoms with Crippen LogP contribution in [0.4, 0.5) is 5.82 Å². The van der Waals surface area contributed by atoms with E-state index in [2.05, 4.69) is 29.4 Å². The minimum Gasteiger partial charge on any atom is -0.497 e. The van der Waals surface area contributed by atoms with E-state index in [4.69, 9.17) is 4.74 Å². The van der Waals surface area contributed by atoms with Gasteiger partial charge < -0.3 is 10.1 Å². The van der Waals surface area contributed by atoms with Gasteiger partial charge >= 0.3 is 0 Å². The monoisotopic (exact) mass is 256 g/mol. The quantitative estimate of drug-likeness (QED) is 0.882. The maximum absolute atomic E-state index is 5.30. The van der Waals surface area contributed by atoms with Crippen molar-refractivity contribution in [3.05, 3.63) is 30.5 Å². The van der Waals surface area contributed by atoms with Crippen LogP contribution >= 0.6 is 0 Å². The van der Waals surface area contributed by atoms with Gasteiger partial charge in [0, 0.05) is 17.6 Å². The fourth-order valence-corrected chi connectivity index (χ4v) is 2.68. The molecule has 0 radical (unpaired) electrons. The Morgan fingerprint density at radius 3 is 3.05 bits per heavy atom. The van der Waals surface area contributed by atoms with Crippen LogP contribution in [-0.4, -0.2) is 18.1 Å². The molecule has 2 atom stereocenters. The fraction of sp³-hybridized carbons (Fsp3) is 0.438. The zero-order valence-corrected chi connectivity index (χ0v) is 11.5. The van der Waals surface area contributed by atoms with Crippen LogP contribution in [0.2, 0.25) is 0 Å². The Bertz CT molecular complexity index is 582. The summed E-state index contributed by atoms with van der Waals surface area (Å²) in [7, 11) is 1.70. The standard InChI is InChI=1S/C16H20N2O/c1-3-4-12-9-15(12)18-16-14-10-13(19-2)6-5-11(14)7-8-17-16/h5-8,10,12,15H,3-4,9H2,1-2H3,(H,17,18). The highest BCUT2D eigenvalue weighted by molar-refractivity contribution is 5.92. The Labute approximate surface area is 114 Å². The van der Waals surface area contributed by atoms with Gasteiger partial charge in [-0.15, -0.1) is 0 Å². The average molecular weight is 256 g/mol. The van der Waals surface area contributed by atoms with Crippen molar-refractivity contribution in [2.45, 2.75) is 32.2 Å². The lowest BCUT2D eigenvalue weighted by Crippen LogP contribution is -2.06. The minimum absolute atomic E-state index is 0.601. The van der Waals surface area contributed by atoms with Gasteiger partial charge in [0.05, 0.1) is 7.11 Å². The number of anilines is 1. The third kappa shape index (κ3) is 2.50. The van der Waals surface area contributed by atoms with Gasteiger partial charge in [0.25, 0.3) is 0 Å². The third-order valence-corrected chi connectivity index (χ3v) is 3.88. The number of fused-ring (bicyclic) bond motifs is 1. The second kappa shape index (κ2) is 5.08. The lowest BCUT2D eigenvalue weighted by atomic mass is 10.1. The van der Waals surface area contributed by atoms with Gasteiger partial charge in [0.2, 0.25) is 0 Å². The molecule has 0 spiro atoms. The zero-order chi connectivity index (χ0) is 13.2. The largest absolute Gasteiger partial charge is 0.497 e. The Morgan fingerprint density at radius 1 is 1.37 bits per heavy atom. The molecule has 1 saturated carbocycles. The van der Waals surface area contributed by atoms with Gasteiger partial charge in [-0.2, -0.15) is 0 Å². The summed E-state index contributed by atoms with van der Waals surface area (Å²) in [6, 6.07) is 8.77. The normalized spacial score (nSPS) is 21.4. The molecule has 1 aliphatic rings. The number of hydrogen-bond acceptors (Lipinski definition) is 3. The number of hydrogen-bond donors (Lipinski definition) is 1. The molecule has 1 aromatic carbocycles. The van der Waals surface area contributed by atoms with E-state index in [1.165, 1.54) is 24.6 Å². The van der Waals surface area contributed by atoms with Gasteiger partial charge in [-0.3, -0.25) is 0 Å². The van der Waals surface area contributed by atoms with Crippen LogP contribution in [0.25, 0.3) is 10.8 Å². The Kier molecular flexibility index (Phi) is 3.28. The first kappa shape index (κ1) is 12.3. The van der Waals surface area contributed by atoms with Crippen molar-refractivity contribution in [2.24, 2.45) is 5.92 Å². The van der Waals surface area contributed by atoms with Crippen LogP contribution in [0.15, 0.2) is 30.5 Å². The number of benzene rings is 1. The Hall–Kier alpha value is -1.77. The molecule has 1 heterocycles. The summed E-state index contributed by atoms with van der Waals surface area (Å²) in [6.07, 6.45) is 5.72. The molecular formula is C16H20N2O. The Morgan fingerprint density at radius 2 is 2.26 bits per heavy atom. The molecule has 2 aromatic rings. The molecule has 1 N–H and O–H groups in total. The SMILES string of the molecule is CCCC1CC1Nc1nccc2ccc(OC)cc12. The molecule has 100 valence electrons. The molecule has 3 rings (SSSR count). The summed E-state index contributed by atoms with van der Waals surface area (Å²) < 4.78 is 5.30. The summed E-state index contributed by atoms with van der Waals surface area (Å²) in [4.78, 5) is 4.49. The highest BCUT2D eigenvalue weighted by atomic mass is 16.5. The summed E-state index contributed by atoms with van der Waals surface area (Å²) in [6.45, 7) is 2.25. The van der Waals surface area contributed by atoms with Crippen LogP contribution < -0.4 is 10.1 Å². The molecule has 0 saturated heterocycles. The van der Waals surface area contributed by atoms with Crippen molar-refractivity contribution >= 4 is 16.6 Å². The van der Waals surface area contributed by atoms with E-state index in [1.54, 1.807) is 7.11 Å². The molecule has 0 bridgehead atoms. The molecule has 0 amide bonds. The van der Waals surface area contributed by atoms with Crippen molar-refractivity contribution in [1.29, 1.82) is 0 Å². The highest BCUT2D eigenvalue weighted by Gasteiger charge is 2.36. The molecule has 1 aromatic heterocycles. The number of methoxy groups -OCH3 is 1. The molecule has 0 aliphatic heterocycles. The van der Waals surface area contributed by atoms with E-state index in [9.17, 15) is 0 Å². The molecule has 19 heavy (non-hydrogen) atoms. The number of pyridine rings is 1. The van der Waals surface area contributed by atoms with Gasteiger partial charge in [-0.05, 0) is 42.3 Å². The second-order valence-electron chi connectivity index (χ2n) is 5.28. The number of rotatable bonds is 5. The summed E-state index contributed by atoms with van der Waals surface area (Å²) in [5.74, 6) is 2.69. The third-order valence-electron chi connectivity index (χ3n) is 3.88. The van der Waals surface area contributed by atoms with E-state index in [1.807, 2.05) is 18.3 Å². The smallest absolute Gasteiger partial charge is 0.134 e. The molecule has 2 unspecified atom stereocenters. The van der Waals surface area contributed by atoms with Crippen LogP contribution in [-0.2, 0) is 0 Å². The fourth-order valence-electron chi connectivity index (χ4n) is 2.68. The molecular weight excluding hydrogens is 236 g/mol. The van der Waals surface area contributed by atoms with E-state index >= 15 is 0 Å². The maximum atomic E-state index is 5.30. The average Bonchev–Trinajstić information content (AvgIpc) is 3.17. The summed E-state index contributed by atoms with van der Waals surface area (Å²) >= 11 is 0. The van der Waals surface area contributed by atoms with Crippen molar-refractivity contribution in [3.8, 4) is 5.75 Å². The van der Waals surface area contributed by atoms with Gasteiger partial charge in [-0.25, -0.2) is 4.98 Å². The van der Waals surface area contributed by atoms with Crippen molar-refractivity contribution in [3.63, 3.8) is 0 Å². The van der Waals surface area contributed by atoms with Crippen molar-refractivity contribution in [2.75, 3.05) is 12.4 Å². The molecule has 1 aliphatic carbocycles. The molecule has 3 heteroatoms. The lowest BCUT2D eigenvalue weighted by molar-refractivity contribution is 0.415. The summed E-state index contributed by atoms with van der Waals surface area (Å²) in [5, 5.41) is 5.92. The van der Waals surface area contributed by atoms with Crippen LogP contribution in [0.3, 0.4) is 0 Å². The van der Waals surface area contributed by atoms with Crippen LogP contribution in [0.1, 0.15) is 26.2 Å². The summed E-state index contributed by atoms with van der Waals surface area (Å²) in [5.41, 5.74) is 0. The topological polar surface area (TPSA) is 34.2 Å². The van der Waals surface area contributed by atoms with E-state index in [0.717, 1.165) is 22.9 Å². The van der Waals surface area contributed by atoms with Gasteiger partial charge in [0.15, 0.2) is 0 Å². The predicted octanol–water partition coefficient (Wildman–Crippen LogP) is 3.84. The predicted molar refractivity (Wildman–Crippen MR) is 78.7 cm³/mol. The Balaban J connectivity index is 1.86. The maximum Gasteiger partial charge on any atom is 0.134 e. The highest BCUT2D eigenvalue weighted by Crippen LogP contribution is 2.38. The van der Waals surface area contributed by atoms with E-state index < -0.39 is 0 Å². The number of aromatic nitrogens is 1. The molecule has 3 nitrogen and oxygen atoms in total.